The van der Waals surface area contributed by atoms with Crippen LogP contribution in [0.5, 0.6) is 0 Å². The van der Waals surface area contributed by atoms with Crippen LogP contribution in [-0.4, -0.2) is 30.3 Å². The summed E-state index contributed by atoms with van der Waals surface area (Å²) in [5, 5.41) is 12.3. The molecule has 1 aliphatic rings. The van der Waals surface area contributed by atoms with Gasteiger partial charge >= 0.3 is 0 Å². The van der Waals surface area contributed by atoms with E-state index in [9.17, 15) is 0 Å². The van der Waals surface area contributed by atoms with Crippen molar-refractivity contribution in [2.45, 2.75) is 45.1 Å². The third-order valence-corrected chi connectivity index (χ3v) is 3.72. The first-order valence-electron chi connectivity index (χ1n) is 6.19. The molecule has 15 heavy (non-hydrogen) atoms. The number of nitrogens with two attached hydrogens (primary N) is 1. The zero-order valence-electron chi connectivity index (χ0n) is 10.1. The summed E-state index contributed by atoms with van der Waals surface area (Å²) in [6.45, 7) is 6.61. The highest BCUT2D eigenvalue weighted by Gasteiger charge is 2.43. The third-order valence-electron chi connectivity index (χ3n) is 3.72. The van der Waals surface area contributed by atoms with E-state index in [0.29, 0.717) is 6.61 Å². The van der Waals surface area contributed by atoms with Crippen LogP contribution in [0.4, 0.5) is 0 Å². The molecule has 4 N–H and O–H groups in total. The fraction of sp³-hybridized carbons (Fsp3) is 1.00. The Hall–Kier alpha value is -0.120. The van der Waals surface area contributed by atoms with Gasteiger partial charge < -0.3 is 16.2 Å². The SMILES string of the molecule is CC(C)C1CC(CN)(NCCCCO)C1. The molecule has 0 bridgehead atoms. The summed E-state index contributed by atoms with van der Waals surface area (Å²) in [6.07, 6.45) is 4.38. The maximum absolute atomic E-state index is 8.69. The molecule has 1 saturated carbocycles. The van der Waals surface area contributed by atoms with Gasteiger partial charge in [0.25, 0.3) is 0 Å². The highest BCUT2D eigenvalue weighted by molar-refractivity contribution is 5.02. The summed E-state index contributed by atoms with van der Waals surface area (Å²) in [5.74, 6) is 1.63. The van der Waals surface area contributed by atoms with Crippen LogP contribution in [0.3, 0.4) is 0 Å². The Kier molecular flexibility index (Phi) is 5.03. The summed E-state index contributed by atoms with van der Waals surface area (Å²) >= 11 is 0. The van der Waals surface area contributed by atoms with Gasteiger partial charge in [0.2, 0.25) is 0 Å². The van der Waals surface area contributed by atoms with E-state index in [-0.39, 0.29) is 5.54 Å². The van der Waals surface area contributed by atoms with Crippen molar-refractivity contribution in [2.75, 3.05) is 19.7 Å². The van der Waals surface area contributed by atoms with E-state index in [1.807, 2.05) is 0 Å². The molecule has 0 unspecified atom stereocenters. The van der Waals surface area contributed by atoms with Crippen molar-refractivity contribution >= 4 is 0 Å². The van der Waals surface area contributed by atoms with Crippen molar-refractivity contribution < 1.29 is 5.11 Å². The number of hydrogen-bond donors (Lipinski definition) is 3. The molecule has 3 heteroatoms. The predicted octanol–water partition coefficient (Wildman–Crippen LogP) is 1.11. The number of rotatable bonds is 7. The van der Waals surface area contributed by atoms with Crippen molar-refractivity contribution in [3.05, 3.63) is 0 Å². The van der Waals surface area contributed by atoms with Gasteiger partial charge in [-0.2, -0.15) is 0 Å². The molecule has 1 aliphatic carbocycles. The molecule has 1 rings (SSSR count). The maximum atomic E-state index is 8.69. The second kappa shape index (κ2) is 5.83. The minimum atomic E-state index is 0.213. The lowest BCUT2D eigenvalue weighted by molar-refractivity contribution is 0.0763. The number of aliphatic hydroxyl groups is 1. The average molecular weight is 214 g/mol. The molecule has 0 atom stereocenters. The highest BCUT2D eigenvalue weighted by Crippen LogP contribution is 2.41. The average Bonchev–Trinajstić information content (AvgIpc) is 2.15. The van der Waals surface area contributed by atoms with Crippen LogP contribution >= 0.6 is 0 Å². The molecule has 0 amide bonds. The van der Waals surface area contributed by atoms with E-state index in [4.69, 9.17) is 10.8 Å². The summed E-state index contributed by atoms with van der Waals surface area (Å²) in [5.41, 5.74) is 6.05. The van der Waals surface area contributed by atoms with Gasteiger partial charge in [-0.1, -0.05) is 13.8 Å². The smallest absolute Gasteiger partial charge is 0.0431 e. The van der Waals surface area contributed by atoms with Gasteiger partial charge in [0.05, 0.1) is 0 Å². The van der Waals surface area contributed by atoms with Gasteiger partial charge in [0, 0.05) is 18.7 Å². The quantitative estimate of drug-likeness (QED) is 0.556. The summed E-state index contributed by atoms with van der Waals surface area (Å²) in [7, 11) is 0. The van der Waals surface area contributed by atoms with E-state index in [0.717, 1.165) is 37.8 Å². The van der Waals surface area contributed by atoms with E-state index in [1.165, 1.54) is 12.8 Å². The van der Waals surface area contributed by atoms with E-state index < -0.39 is 0 Å². The van der Waals surface area contributed by atoms with Crippen LogP contribution in [0.1, 0.15) is 39.5 Å². The summed E-state index contributed by atoms with van der Waals surface area (Å²) in [6, 6.07) is 0. The standard InChI is InChI=1S/C12H26N2O/c1-10(2)11-7-12(8-11,9-13)14-5-3-4-6-15/h10-11,14-15H,3-9,13H2,1-2H3. The van der Waals surface area contributed by atoms with Crippen molar-refractivity contribution in [1.82, 2.24) is 5.32 Å². The van der Waals surface area contributed by atoms with Crippen LogP contribution in [0.25, 0.3) is 0 Å². The monoisotopic (exact) mass is 214 g/mol. The van der Waals surface area contributed by atoms with Crippen molar-refractivity contribution in [2.24, 2.45) is 17.6 Å². The van der Waals surface area contributed by atoms with Gasteiger partial charge in [-0.15, -0.1) is 0 Å². The fourth-order valence-corrected chi connectivity index (χ4v) is 2.39. The Morgan fingerprint density at radius 2 is 2.07 bits per heavy atom. The van der Waals surface area contributed by atoms with Crippen LogP contribution in [0.15, 0.2) is 0 Å². The molecule has 1 fully saturated rings. The topological polar surface area (TPSA) is 58.3 Å². The lowest BCUT2D eigenvalue weighted by atomic mass is 9.64. The molecule has 90 valence electrons. The van der Waals surface area contributed by atoms with Gasteiger partial charge in [0.1, 0.15) is 0 Å². The molecule has 3 nitrogen and oxygen atoms in total. The van der Waals surface area contributed by atoms with Gasteiger partial charge in [-0.25, -0.2) is 0 Å². The second-order valence-electron chi connectivity index (χ2n) is 5.25. The minimum absolute atomic E-state index is 0.213. The van der Waals surface area contributed by atoms with Gasteiger partial charge in [0.15, 0.2) is 0 Å². The number of nitrogens with one attached hydrogen (secondary N) is 1. The molecule has 0 radical (unpaired) electrons. The molecule has 0 aromatic rings. The first-order chi connectivity index (χ1) is 7.13. The van der Waals surface area contributed by atoms with E-state index >= 15 is 0 Å². The van der Waals surface area contributed by atoms with Crippen molar-refractivity contribution in [1.29, 1.82) is 0 Å². The number of aliphatic hydroxyl groups excluding tert-OH is 1. The van der Waals surface area contributed by atoms with Crippen LogP contribution in [0, 0.1) is 11.8 Å². The van der Waals surface area contributed by atoms with E-state index in [2.05, 4.69) is 19.2 Å². The molecule has 0 heterocycles. The minimum Gasteiger partial charge on any atom is -0.396 e. The van der Waals surface area contributed by atoms with Crippen molar-refractivity contribution in [3.63, 3.8) is 0 Å². The van der Waals surface area contributed by atoms with Crippen LogP contribution in [-0.2, 0) is 0 Å². The Labute approximate surface area is 93.4 Å². The number of hydrogen-bond acceptors (Lipinski definition) is 3. The second-order valence-corrected chi connectivity index (χ2v) is 5.25. The Morgan fingerprint density at radius 3 is 2.53 bits per heavy atom. The maximum Gasteiger partial charge on any atom is 0.0431 e. The van der Waals surface area contributed by atoms with Crippen LogP contribution < -0.4 is 11.1 Å². The first-order valence-corrected chi connectivity index (χ1v) is 6.19. The molecule has 0 saturated heterocycles. The fourth-order valence-electron chi connectivity index (χ4n) is 2.39. The molecular weight excluding hydrogens is 188 g/mol. The highest BCUT2D eigenvalue weighted by atomic mass is 16.2. The van der Waals surface area contributed by atoms with Gasteiger partial charge in [-0.05, 0) is 44.1 Å². The predicted molar refractivity (Wildman–Crippen MR) is 63.7 cm³/mol. The Balaban J connectivity index is 2.20. The summed E-state index contributed by atoms with van der Waals surface area (Å²) < 4.78 is 0. The number of unbranched alkanes of at least 4 members (excludes halogenated alkanes) is 1. The lowest BCUT2D eigenvalue weighted by Crippen LogP contribution is -2.61. The first kappa shape index (κ1) is 12.9. The normalized spacial score (nSPS) is 30.6. The zero-order valence-corrected chi connectivity index (χ0v) is 10.1. The molecule has 0 spiro atoms. The molecular formula is C12H26N2O. The molecule has 0 aromatic heterocycles. The van der Waals surface area contributed by atoms with Crippen molar-refractivity contribution in [3.8, 4) is 0 Å². The lowest BCUT2D eigenvalue weighted by Gasteiger charge is -2.50. The van der Waals surface area contributed by atoms with Gasteiger partial charge in [-0.3, -0.25) is 0 Å². The molecule has 0 aliphatic heterocycles. The molecule has 0 aromatic carbocycles. The zero-order chi connectivity index (χ0) is 11.3. The Bertz CT molecular complexity index is 176. The van der Waals surface area contributed by atoms with Crippen LogP contribution in [0.2, 0.25) is 0 Å². The third kappa shape index (κ3) is 3.44. The summed E-state index contributed by atoms with van der Waals surface area (Å²) in [4.78, 5) is 0. The largest absolute Gasteiger partial charge is 0.396 e. The Morgan fingerprint density at radius 1 is 1.40 bits per heavy atom. The van der Waals surface area contributed by atoms with E-state index in [1.54, 1.807) is 0 Å².